The van der Waals surface area contributed by atoms with Crippen molar-refractivity contribution in [3.05, 3.63) is 0 Å². The molecule has 1 saturated heterocycles. The summed E-state index contributed by atoms with van der Waals surface area (Å²) in [5.74, 6) is -0.402. The van der Waals surface area contributed by atoms with Crippen LogP contribution in [-0.4, -0.2) is 51.0 Å². The Kier molecular flexibility index (Phi) is 4.07. The normalized spacial score (nSPS) is 17.7. The van der Waals surface area contributed by atoms with E-state index in [9.17, 15) is 18.0 Å². The van der Waals surface area contributed by atoms with Crippen LogP contribution in [0.15, 0.2) is 0 Å². The predicted octanol–water partition coefficient (Wildman–Crippen LogP) is -1.59. The Morgan fingerprint density at radius 1 is 1.62 bits per heavy atom. The summed E-state index contributed by atoms with van der Waals surface area (Å²) in [5.41, 5.74) is 0. The number of nitrogens with zero attached hydrogens (tertiary/aromatic N) is 1. The second-order valence-electron chi connectivity index (χ2n) is 3.01. The SMILES string of the molecule is CCOC(=O)NS(=O)(=O)N1CCNC(=O)C1. The van der Waals surface area contributed by atoms with Gasteiger partial charge in [-0.1, -0.05) is 0 Å². The minimum absolute atomic E-state index is 0.0713. The first kappa shape index (κ1) is 12.7. The minimum atomic E-state index is -3.99. The van der Waals surface area contributed by atoms with Gasteiger partial charge in [-0.25, -0.2) is 9.52 Å². The standard InChI is InChI=1S/C7H13N3O5S/c1-2-15-7(12)9-16(13,14)10-4-3-8-6(11)5-10/h2-5H2,1H3,(H,8,11)(H,9,12). The smallest absolute Gasteiger partial charge is 0.421 e. The number of carbonyl (C=O) groups is 2. The average Bonchev–Trinajstić information content (AvgIpc) is 2.17. The van der Waals surface area contributed by atoms with Crippen molar-refractivity contribution in [2.75, 3.05) is 26.2 Å². The monoisotopic (exact) mass is 251 g/mol. The maximum absolute atomic E-state index is 11.6. The van der Waals surface area contributed by atoms with Gasteiger partial charge in [0.25, 0.3) is 0 Å². The number of amides is 2. The van der Waals surface area contributed by atoms with Gasteiger partial charge in [0.1, 0.15) is 0 Å². The fourth-order valence-corrected chi connectivity index (χ4v) is 2.17. The van der Waals surface area contributed by atoms with Gasteiger partial charge in [0.15, 0.2) is 0 Å². The highest BCUT2D eigenvalue weighted by atomic mass is 32.2. The van der Waals surface area contributed by atoms with Crippen LogP contribution in [-0.2, 0) is 19.7 Å². The Labute approximate surface area is 93.1 Å². The van der Waals surface area contributed by atoms with Crippen LogP contribution >= 0.6 is 0 Å². The number of rotatable bonds is 3. The molecule has 16 heavy (non-hydrogen) atoms. The molecule has 1 fully saturated rings. The second kappa shape index (κ2) is 5.12. The summed E-state index contributed by atoms with van der Waals surface area (Å²) < 4.78 is 30.1. The van der Waals surface area contributed by atoms with E-state index in [1.807, 2.05) is 0 Å². The van der Waals surface area contributed by atoms with Crippen molar-refractivity contribution in [2.45, 2.75) is 6.92 Å². The van der Waals surface area contributed by atoms with Crippen LogP contribution in [0.25, 0.3) is 0 Å². The lowest BCUT2D eigenvalue weighted by atomic mass is 10.4. The summed E-state index contributed by atoms with van der Waals surface area (Å²) >= 11 is 0. The molecular weight excluding hydrogens is 238 g/mol. The van der Waals surface area contributed by atoms with Crippen molar-refractivity contribution in [1.29, 1.82) is 0 Å². The van der Waals surface area contributed by atoms with Crippen molar-refractivity contribution in [3.63, 3.8) is 0 Å². The van der Waals surface area contributed by atoms with E-state index >= 15 is 0 Å². The van der Waals surface area contributed by atoms with Gasteiger partial charge in [0, 0.05) is 13.1 Å². The summed E-state index contributed by atoms with van der Waals surface area (Å²) in [5, 5.41) is 2.47. The first-order valence-corrected chi connectivity index (χ1v) is 6.11. The number of hydrogen-bond donors (Lipinski definition) is 2. The van der Waals surface area contributed by atoms with Crippen molar-refractivity contribution in [3.8, 4) is 0 Å². The van der Waals surface area contributed by atoms with Crippen molar-refractivity contribution in [2.24, 2.45) is 0 Å². The second-order valence-corrected chi connectivity index (χ2v) is 4.68. The third kappa shape index (κ3) is 3.35. The maximum atomic E-state index is 11.6. The number of piperazine rings is 1. The largest absolute Gasteiger partial charge is 0.449 e. The van der Waals surface area contributed by atoms with Gasteiger partial charge >= 0.3 is 16.3 Å². The molecule has 1 aliphatic heterocycles. The molecule has 0 spiro atoms. The van der Waals surface area contributed by atoms with Gasteiger partial charge in [-0.3, -0.25) is 4.79 Å². The van der Waals surface area contributed by atoms with Crippen molar-refractivity contribution >= 4 is 22.2 Å². The molecule has 1 aliphatic rings. The molecule has 0 aromatic heterocycles. The molecule has 1 rings (SSSR count). The highest BCUT2D eigenvalue weighted by Crippen LogP contribution is 2.00. The number of hydrogen-bond acceptors (Lipinski definition) is 5. The van der Waals surface area contributed by atoms with Crippen LogP contribution in [0.2, 0.25) is 0 Å². The lowest BCUT2D eigenvalue weighted by Gasteiger charge is -2.25. The van der Waals surface area contributed by atoms with E-state index in [4.69, 9.17) is 0 Å². The molecular formula is C7H13N3O5S. The molecule has 0 bridgehead atoms. The molecule has 0 atom stereocenters. The Balaban J connectivity index is 2.62. The zero-order chi connectivity index (χ0) is 12.2. The third-order valence-electron chi connectivity index (χ3n) is 1.83. The van der Waals surface area contributed by atoms with E-state index in [1.54, 1.807) is 11.6 Å². The van der Waals surface area contributed by atoms with Gasteiger partial charge in [-0.2, -0.15) is 12.7 Å². The average molecular weight is 251 g/mol. The molecule has 2 N–H and O–H groups in total. The van der Waals surface area contributed by atoms with E-state index in [2.05, 4.69) is 10.1 Å². The van der Waals surface area contributed by atoms with Gasteiger partial charge in [0.05, 0.1) is 13.2 Å². The molecule has 0 aromatic rings. The van der Waals surface area contributed by atoms with Gasteiger partial charge < -0.3 is 10.1 Å². The molecule has 0 radical (unpaired) electrons. The van der Waals surface area contributed by atoms with Crippen LogP contribution in [0.1, 0.15) is 6.92 Å². The topological polar surface area (TPSA) is 105 Å². The Hall–Kier alpha value is -1.35. The van der Waals surface area contributed by atoms with Crippen molar-refractivity contribution in [1.82, 2.24) is 14.3 Å². The maximum Gasteiger partial charge on any atom is 0.421 e. The fourth-order valence-electron chi connectivity index (χ4n) is 1.15. The summed E-state index contributed by atoms with van der Waals surface area (Å²) in [7, 11) is -3.99. The molecule has 92 valence electrons. The Bertz CT molecular complexity index is 379. The number of nitrogens with one attached hydrogen (secondary N) is 2. The summed E-state index contributed by atoms with van der Waals surface area (Å²) in [6, 6.07) is 0. The molecule has 1 heterocycles. The highest BCUT2D eigenvalue weighted by molar-refractivity contribution is 7.87. The molecule has 0 unspecified atom stereocenters. The minimum Gasteiger partial charge on any atom is -0.449 e. The van der Waals surface area contributed by atoms with E-state index < -0.39 is 22.2 Å². The van der Waals surface area contributed by atoms with E-state index in [-0.39, 0.29) is 26.2 Å². The summed E-state index contributed by atoms with van der Waals surface area (Å²) in [6.45, 7) is 1.68. The first-order chi connectivity index (χ1) is 7.45. The zero-order valence-electron chi connectivity index (χ0n) is 8.73. The Morgan fingerprint density at radius 2 is 2.31 bits per heavy atom. The Morgan fingerprint density at radius 3 is 2.88 bits per heavy atom. The summed E-state index contributed by atoms with van der Waals surface area (Å²) in [6.07, 6.45) is -1.05. The fraction of sp³-hybridized carbons (Fsp3) is 0.714. The molecule has 0 aromatic carbocycles. The van der Waals surface area contributed by atoms with Crippen LogP contribution in [0, 0.1) is 0 Å². The zero-order valence-corrected chi connectivity index (χ0v) is 9.54. The van der Waals surface area contributed by atoms with Gasteiger partial charge in [-0.05, 0) is 6.92 Å². The predicted molar refractivity (Wildman–Crippen MR) is 53.7 cm³/mol. The first-order valence-electron chi connectivity index (χ1n) is 4.67. The third-order valence-corrected chi connectivity index (χ3v) is 3.25. The van der Waals surface area contributed by atoms with E-state index in [0.717, 1.165) is 4.31 Å². The lowest BCUT2D eigenvalue weighted by Crippen LogP contribution is -2.54. The number of carbonyl (C=O) groups excluding carboxylic acids is 2. The van der Waals surface area contributed by atoms with E-state index in [0.29, 0.717) is 0 Å². The molecule has 8 nitrogen and oxygen atoms in total. The highest BCUT2D eigenvalue weighted by Gasteiger charge is 2.29. The molecule has 0 aliphatic carbocycles. The van der Waals surface area contributed by atoms with E-state index in [1.165, 1.54) is 0 Å². The van der Waals surface area contributed by atoms with Crippen LogP contribution in [0.4, 0.5) is 4.79 Å². The number of ether oxygens (including phenoxy) is 1. The van der Waals surface area contributed by atoms with Gasteiger partial charge in [-0.15, -0.1) is 0 Å². The summed E-state index contributed by atoms with van der Waals surface area (Å²) in [4.78, 5) is 21.9. The lowest BCUT2D eigenvalue weighted by molar-refractivity contribution is -0.122. The van der Waals surface area contributed by atoms with Gasteiger partial charge in [0.2, 0.25) is 5.91 Å². The van der Waals surface area contributed by atoms with Crippen LogP contribution < -0.4 is 10.0 Å². The van der Waals surface area contributed by atoms with Crippen molar-refractivity contribution < 1.29 is 22.7 Å². The molecule has 0 saturated carbocycles. The molecule has 2 amide bonds. The van der Waals surface area contributed by atoms with Crippen LogP contribution in [0.5, 0.6) is 0 Å². The van der Waals surface area contributed by atoms with Crippen LogP contribution in [0.3, 0.4) is 0 Å². The quantitative estimate of drug-likeness (QED) is 0.629. The molecule has 9 heteroatoms.